The molecule has 1 heterocycles. The first kappa shape index (κ1) is 13.2. The van der Waals surface area contributed by atoms with E-state index >= 15 is 0 Å². The molecular formula is C16H20OS. The zero-order chi connectivity index (χ0) is 12.8. The van der Waals surface area contributed by atoms with Crippen molar-refractivity contribution in [2.75, 3.05) is 6.61 Å². The summed E-state index contributed by atoms with van der Waals surface area (Å²) in [5, 5.41) is 2.11. The second kappa shape index (κ2) is 6.60. The van der Waals surface area contributed by atoms with E-state index in [4.69, 9.17) is 4.74 Å². The predicted molar refractivity (Wildman–Crippen MR) is 78.7 cm³/mol. The number of benzene rings is 1. The fraction of sp³-hybridized carbons (Fsp3) is 0.375. The maximum absolute atomic E-state index is 5.75. The van der Waals surface area contributed by atoms with Crippen molar-refractivity contribution in [2.45, 2.75) is 32.6 Å². The average molecular weight is 260 g/mol. The van der Waals surface area contributed by atoms with Crippen LogP contribution in [0.5, 0.6) is 5.75 Å². The van der Waals surface area contributed by atoms with Gasteiger partial charge in [-0.25, -0.2) is 0 Å². The minimum Gasteiger partial charge on any atom is -0.493 e. The van der Waals surface area contributed by atoms with Crippen molar-refractivity contribution in [3.63, 3.8) is 0 Å². The lowest BCUT2D eigenvalue weighted by molar-refractivity contribution is 0.323. The van der Waals surface area contributed by atoms with E-state index in [0.29, 0.717) is 5.92 Å². The molecule has 18 heavy (non-hydrogen) atoms. The number of thiophene rings is 1. The Morgan fingerprint density at radius 3 is 2.56 bits per heavy atom. The van der Waals surface area contributed by atoms with Crippen LogP contribution in [0.25, 0.3) is 0 Å². The second-order valence-electron chi connectivity index (χ2n) is 4.56. The van der Waals surface area contributed by atoms with Crippen molar-refractivity contribution in [3.05, 3.63) is 52.2 Å². The molecule has 1 unspecified atom stereocenters. The molecule has 0 N–H and O–H groups in total. The van der Waals surface area contributed by atoms with Gasteiger partial charge in [0.2, 0.25) is 0 Å². The van der Waals surface area contributed by atoms with Crippen molar-refractivity contribution < 1.29 is 4.74 Å². The summed E-state index contributed by atoms with van der Waals surface area (Å²) in [5.41, 5.74) is 1.39. The number of hydrogen-bond acceptors (Lipinski definition) is 2. The van der Waals surface area contributed by atoms with Gasteiger partial charge in [0.05, 0.1) is 6.61 Å². The topological polar surface area (TPSA) is 9.23 Å². The molecule has 0 saturated carbocycles. The summed E-state index contributed by atoms with van der Waals surface area (Å²) < 4.78 is 5.75. The molecule has 1 atom stereocenters. The van der Waals surface area contributed by atoms with E-state index in [0.717, 1.165) is 18.8 Å². The molecule has 0 amide bonds. The van der Waals surface area contributed by atoms with E-state index < -0.39 is 0 Å². The SMILES string of the molecule is CCC(C)c1ccc(OCCc2cccs2)cc1. The lowest BCUT2D eigenvalue weighted by Crippen LogP contribution is -2.00. The molecule has 0 radical (unpaired) electrons. The van der Waals surface area contributed by atoms with Crippen LogP contribution in [-0.2, 0) is 6.42 Å². The molecule has 0 saturated heterocycles. The third-order valence-corrected chi connectivity index (χ3v) is 4.19. The van der Waals surface area contributed by atoms with Gasteiger partial charge in [0.1, 0.15) is 5.75 Å². The van der Waals surface area contributed by atoms with E-state index in [1.165, 1.54) is 16.9 Å². The highest BCUT2D eigenvalue weighted by molar-refractivity contribution is 7.09. The predicted octanol–water partition coefficient (Wildman–Crippen LogP) is 4.88. The van der Waals surface area contributed by atoms with E-state index in [9.17, 15) is 0 Å². The Morgan fingerprint density at radius 1 is 1.17 bits per heavy atom. The van der Waals surface area contributed by atoms with Gasteiger partial charge in [-0.2, -0.15) is 0 Å². The molecule has 2 rings (SSSR count). The first-order valence-electron chi connectivity index (χ1n) is 6.54. The smallest absolute Gasteiger partial charge is 0.119 e. The van der Waals surface area contributed by atoms with Gasteiger partial charge in [0, 0.05) is 11.3 Å². The van der Waals surface area contributed by atoms with Crippen molar-refractivity contribution in [3.8, 4) is 5.75 Å². The molecule has 1 nitrogen and oxygen atoms in total. The Hall–Kier alpha value is -1.28. The van der Waals surface area contributed by atoms with E-state index in [2.05, 4.69) is 55.6 Å². The molecular weight excluding hydrogens is 240 g/mol. The first-order chi connectivity index (χ1) is 8.79. The molecule has 0 aliphatic rings. The Labute approximate surface area is 113 Å². The van der Waals surface area contributed by atoms with Gasteiger partial charge < -0.3 is 4.74 Å². The van der Waals surface area contributed by atoms with Crippen LogP contribution >= 0.6 is 11.3 Å². The molecule has 0 bridgehead atoms. The molecule has 0 fully saturated rings. The molecule has 0 aliphatic heterocycles. The molecule has 0 aliphatic carbocycles. The van der Waals surface area contributed by atoms with Crippen molar-refractivity contribution in [1.82, 2.24) is 0 Å². The Balaban J connectivity index is 1.83. The number of ether oxygens (including phenoxy) is 1. The van der Waals surface area contributed by atoms with E-state index in [1.54, 1.807) is 11.3 Å². The fourth-order valence-electron chi connectivity index (χ4n) is 1.85. The highest BCUT2D eigenvalue weighted by Crippen LogP contribution is 2.21. The number of hydrogen-bond donors (Lipinski definition) is 0. The summed E-state index contributed by atoms with van der Waals surface area (Å²) in [4.78, 5) is 1.38. The van der Waals surface area contributed by atoms with Gasteiger partial charge in [-0.3, -0.25) is 0 Å². The van der Waals surface area contributed by atoms with Gasteiger partial charge in [-0.05, 0) is 41.5 Å². The van der Waals surface area contributed by atoms with E-state index in [-0.39, 0.29) is 0 Å². The Bertz CT molecular complexity index is 444. The standard InChI is InChI=1S/C16H20OS/c1-3-13(2)14-6-8-15(9-7-14)17-11-10-16-5-4-12-18-16/h4-9,12-13H,3,10-11H2,1-2H3. The summed E-state index contributed by atoms with van der Waals surface area (Å²) in [6.07, 6.45) is 2.17. The third-order valence-electron chi connectivity index (χ3n) is 3.26. The zero-order valence-corrected chi connectivity index (χ0v) is 11.9. The minimum absolute atomic E-state index is 0.630. The maximum Gasteiger partial charge on any atom is 0.119 e. The van der Waals surface area contributed by atoms with Gasteiger partial charge in [0.25, 0.3) is 0 Å². The highest BCUT2D eigenvalue weighted by atomic mass is 32.1. The van der Waals surface area contributed by atoms with Gasteiger partial charge in [0.15, 0.2) is 0 Å². The van der Waals surface area contributed by atoms with Crippen LogP contribution in [0.2, 0.25) is 0 Å². The lowest BCUT2D eigenvalue weighted by atomic mass is 9.99. The molecule has 2 aromatic rings. The van der Waals surface area contributed by atoms with Gasteiger partial charge >= 0.3 is 0 Å². The third kappa shape index (κ3) is 3.61. The summed E-state index contributed by atoms with van der Waals surface area (Å²) in [6, 6.07) is 12.7. The monoisotopic (exact) mass is 260 g/mol. The van der Waals surface area contributed by atoms with Crippen LogP contribution in [-0.4, -0.2) is 6.61 Å². The van der Waals surface area contributed by atoms with Crippen molar-refractivity contribution >= 4 is 11.3 Å². The first-order valence-corrected chi connectivity index (χ1v) is 7.42. The summed E-state index contributed by atoms with van der Waals surface area (Å²) in [7, 11) is 0. The van der Waals surface area contributed by atoms with Crippen LogP contribution in [0.15, 0.2) is 41.8 Å². The average Bonchev–Trinajstić information content (AvgIpc) is 2.92. The van der Waals surface area contributed by atoms with Crippen molar-refractivity contribution in [1.29, 1.82) is 0 Å². The summed E-state index contributed by atoms with van der Waals surface area (Å²) >= 11 is 1.79. The lowest BCUT2D eigenvalue weighted by Gasteiger charge is -2.10. The zero-order valence-electron chi connectivity index (χ0n) is 11.1. The van der Waals surface area contributed by atoms with Crippen LogP contribution in [0.1, 0.15) is 36.6 Å². The molecule has 96 valence electrons. The molecule has 0 spiro atoms. The number of rotatable bonds is 6. The quantitative estimate of drug-likeness (QED) is 0.719. The second-order valence-corrected chi connectivity index (χ2v) is 5.59. The normalized spacial score (nSPS) is 12.3. The molecule has 1 aromatic carbocycles. The van der Waals surface area contributed by atoms with Gasteiger partial charge in [-0.15, -0.1) is 11.3 Å². The maximum atomic E-state index is 5.75. The Kier molecular flexibility index (Phi) is 4.82. The minimum atomic E-state index is 0.630. The van der Waals surface area contributed by atoms with Gasteiger partial charge in [-0.1, -0.05) is 32.0 Å². The fourth-order valence-corrected chi connectivity index (χ4v) is 2.54. The van der Waals surface area contributed by atoms with E-state index in [1.807, 2.05) is 0 Å². The van der Waals surface area contributed by atoms with Crippen LogP contribution in [0, 0.1) is 0 Å². The molecule has 1 aromatic heterocycles. The summed E-state index contributed by atoms with van der Waals surface area (Å²) in [6.45, 7) is 5.23. The Morgan fingerprint density at radius 2 is 1.94 bits per heavy atom. The van der Waals surface area contributed by atoms with Crippen molar-refractivity contribution in [2.24, 2.45) is 0 Å². The molecule has 2 heteroatoms. The highest BCUT2D eigenvalue weighted by Gasteiger charge is 2.02. The van der Waals surface area contributed by atoms with Crippen LogP contribution in [0.3, 0.4) is 0 Å². The van der Waals surface area contributed by atoms with Crippen LogP contribution < -0.4 is 4.74 Å². The largest absolute Gasteiger partial charge is 0.493 e. The van der Waals surface area contributed by atoms with Crippen LogP contribution in [0.4, 0.5) is 0 Å². The summed E-state index contributed by atoms with van der Waals surface area (Å²) in [5.74, 6) is 1.60.